The predicted molar refractivity (Wildman–Crippen MR) is 112 cm³/mol. The molecule has 0 spiro atoms. The van der Waals surface area contributed by atoms with Crippen LogP contribution in [0.4, 0.5) is 5.69 Å². The molecular weight excluding hydrogens is 350 g/mol. The van der Waals surface area contributed by atoms with Crippen molar-refractivity contribution in [2.75, 3.05) is 0 Å². The van der Waals surface area contributed by atoms with E-state index >= 15 is 0 Å². The van der Waals surface area contributed by atoms with Gasteiger partial charge < -0.3 is 5.11 Å². The first-order chi connectivity index (χ1) is 13.6. The molecule has 0 bridgehead atoms. The summed E-state index contributed by atoms with van der Waals surface area (Å²) in [5, 5.41) is 12.1. The second-order valence-corrected chi connectivity index (χ2v) is 6.61. The number of hydrogen-bond donors (Lipinski definition) is 1. The highest BCUT2D eigenvalue weighted by molar-refractivity contribution is 6.02. The monoisotopic (exact) mass is 369 g/mol. The molecule has 0 fully saturated rings. The van der Waals surface area contributed by atoms with E-state index in [0.717, 1.165) is 16.8 Å². The maximum atomic E-state index is 13.0. The fourth-order valence-electron chi connectivity index (χ4n) is 3.33. The molecule has 0 amide bonds. The van der Waals surface area contributed by atoms with E-state index in [1.165, 1.54) is 4.57 Å². The van der Waals surface area contributed by atoms with Gasteiger partial charge in [-0.25, -0.2) is 9.55 Å². The summed E-state index contributed by atoms with van der Waals surface area (Å²) in [6, 6.07) is 18.4. The van der Waals surface area contributed by atoms with Gasteiger partial charge in [-0.3, -0.25) is 9.79 Å². The standard InChI is InChI=1S/C23H19N3O2/c1-15-8-7-9-16(2)21(15)25-14-19-17-10-3-4-11-18(17)22(27)26(23(19)28)20-12-5-6-13-24-20/h3-14,28H,1-2H3. The van der Waals surface area contributed by atoms with Crippen molar-refractivity contribution in [2.45, 2.75) is 13.8 Å². The first kappa shape index (κ1) is 17.7. The molecule has 0 radical (unpaired) electrons. The number of nitrogens with zero attached hydrogens (tertiary/aromatic N) is 3. The second kappa shape index (κ2) is 7.12. The molecule has 0 aliphatic heterocycles. The van der Waals surface area contributed by atoms with Gasteiger partial charge in [0.2, 0.25) is 5.88 Å². The molecule has 0 saturated heterocycles. The number of hydrogen-bond acceptors (Lipinski definition) is 4. The molecule has 4 aromatic rings. The van der Waals surface area contributed by atoms with Crippen molar-refractivity contribution in [3.63, 3.8) is 0 Å². The highest BCUT2D eigenvalue weighted by Gasteiger charge is 2.16. The van der Waals surface area contributed by atoms with Gasteiger partial charge in [-0.2, -0.15) is 0 Å². The van der Waals surface area contributed by atoms with Crippen molar-refractivity contribution in [3.8, 4) is 11.7 Å². The number of benzene rings is 2. The summed E-state index contributed by atoms with van der Waals surface area (Å²) in [6.07, 6.45) is 3.20. The first-order valence-corrected chi connectivity index (χ1v) is 8.96. The number of aromatic nitrogens is 2. The number of fused-ring (bicyclic) bond motifs is 1. The Kier molecular flexibility index (Phi) is 4.49. The predicted octanol–water partition coefficient (Wildman–Crippen LogP) is 4.46. The molecule has 0 aliphatic carbocycles. The molecule has 2 aromatic heterocycles. The molecular formula is C23H19N3O2. The Bertz CT molecular complexity index is 1240. The maximum Gasteiger partial charge on any atom is 0.267 e. The van der Waals surface area contributed by atoms with E-state index in [4.69, 9.17) is 0 Å². The number of aryl methyl sites for hydroxylation is 2. The zero-order valence-corrected chi connectivity index (χ0v) is 15.6. The lowest BCUT2D eigenvalue weighted by Crippen LogP contribution is -2.20. The van der Waals surface area contributed by atoms with Crippen LogP contribution < -0.4 is 5.56 Å². The minimum atomic E-state index is -0.323. The Hall–Kier alpha value is -3.73. The Labute approximate surface area is 162 Å². The van der Waals surface area contributed by atoms with E-state index in [1.54, 1.807) is 42.7 Å². The second-order valence-electron chi connectivity index (χ2n) is 6.61. The molecule has 2 aromatic carbocycles. The van der Waals surface area contributed by atoms with Crippen molar-refractivity contribution >= 4 is 22.7 Å². The smallest absolute Gasteiger partial charge is 0.267 e. The number of rotatable bonds is 3. The van der Waals surface area contributed by atoms with E-state index in [2.05, 4.69) is 9.98 Å². The summed E-state index contributed by atoms with van der Waals surface area (Å²) >= 11 is 0. The van der Waals surface area contributed by atoms with Crippen LogP contribution in [-0.4, -0.2) is 20.9 Å². The van der Waals surface area contributed by atoms with Gasteiger partial charge in [-0.1, -0.05) is 42.5 Å². The van der Waals surface area contributed by atoms with Crippen LogP contribution >= 0.6 is 0 Å². The average Bonchev–Trinajstić information content (AvgIpc) is 2.70. The summed E-state index contributed by atoms with van der Waals surface area (Å²) in [5.41, 5.74) is 3.08. The van der Waals surface area contributed by atoms with E-state index in [-0.39, 0.29) is 11.4 Å². The summed E-state index contributed by atoms with van der Waals surface area (Å²) < 4.78 is 1.22. The van der Waals surface area contributed by atoms with Crippen LogP contribution in [0.1, 0.15) is 16.7 Å². The van der Waals surface area contributed by atoms with Crippen LogP contribution in [-0.2, 0) is 0 Å². The van der Waals surface area contributed by atoms with Gasteiger partial charge in [0.15, 0.2) is 0 Å². The average molecular weight is 369 g/mol. The van der Waals surface area contributed by atoms with E-state index in [0.29, 0.717) is 22.2 Å². The van der Waals surface area contributed by atoms with Crippen LogP contribution in [0.25, 0.3) is 16.6 Å². The van der Waals surface area contributed by atoms with Gasteiger partial charge in [-0.15, -0.1) is 0 Å². The van der Waals surface area contributed by atoms with Gasteiger partial charge in [-0.05, 0) is 43.2 Å². The minimum absolute atomic E-state index is 0.183. The molecule has 0 unspecified atom stereocenters. The number of aromatic hydroxyl groups is 1. The summed E-state index contributed by atoms with van der Waals surface area (Å²) in [6.45, 7) is 3.99. The Morgan fingerprint density at radius 2 is 1.61 bits per heavy atom. The largest absolute Gasteiger partial charge is 0.494 e. The van der Waals surface area contributed by atoms with Crippen LogP contribution in [0.2, 0.25) is 0 Å². The Morgan fingerprint density at radius 3 is 2.29 bits per heavy atom. The van der Waals surface area contributed by atoms with Gasteiger partial charge in [0.1, 0.15) is 5.82 Å². The van der Waals surface area contributed by atoms with Gasteiger partial charge in [0.25, 0.3) is 5.56 Å². The minimum Gasteiger partial charge on any atom is -0.494 e. The molecule has 0 saturated carbocycles. The van der Waals surface area contributed by atoms with E-state index in [9.17, 15) is 9.90 Å². The van der Waals surface area contributed by atoms with Crippen molar-refractivity contribution in [1.82, 2.24) is 9.55 Å². The third-order valence-electron chi connectivity index (χ3n) is 4.74. The van der Waals surface area contributed by atoms with Crippen LogP contribution in [0, 0.1) is 13.8 Å². The lowest BCUT2D eigenvalue weighted by atomic mass is 10.1. The van der Waals surface area contributed by atoms with Crippen molar-refractivity contribution < 1.29 is 5.11 Å². The fourth-order valence-corrected chi connectivity index (χ4v) is 3.33. The van der Waals surface area contributed by atoms with E-state index < -0.39 is 0 Å². The van der Waals surface area contributed by atoms with E-state index in [1.807, 2.05) is 44.2 Å². The molecule has 5 nitrogen and oxygen atoms in total. The van der Waals surface area contributed by atoms with Crippen molar-refractivity contribution in [1.29, 1.82) is 0 Å². The molecule has 2 heterocycles. The summed E-state index contributed by atoms with van der Waals surface area (Å²) in [5.74, 6) is 0.176. The molecule has 28 heavy (non-hydrogen) atoms. The zero-order chi connectivity index (χ0) is 19.7. The van der Waals surface area contributed by atoms with Gasteiger partial charge >= 0.3 is 0 Å². The summed E-state index contributed by atoms with van der Waals surface area (Å²) in [4.78, 5) is 21.9. The SMILES string of the molecule is Cc1cccc(C)c1N=Cc1c(O)n(-c2ccccn2)c(=O)c2ccccc12. The fraction of sp³-hybridized carbons (Fsp3) is 0.0870. The summed E-state index contributed by atoms with van der Waals surface area (Å²) in [7, 11) is 0. The van der Waals surface area contributed by atoms with Crippen molar-refractivity contribution in [3.05, 3.63) is 93.9 Å². The lowest BCUT2D eigenvalue weighted by molar-refractivity contribution is 0.435. The lowest BCUT2D eigenvalue weighted by Gasteiger charge is -2.13. The van der Waals surface area contributed by atoms with Crippen LogP contribution in [0.5, 0.6) is 5.88 Å². The Morgan fingerprint density at radius 1 is 0.929 bits per heavy atom. The molecule has 5 heteroatoms. The quantitative estimate of drug-likeness (QED) is 0.542. The number of aliphatic imine (C=N–C) groups is 1. The highest BCUT2D eigenvalue weighted by atomic mass is 16.3. The molecule has 4 rings (SSSR count). The Balaban J connectivity index is 2.01. The zero-order valence-electron chi connectivity index (χ0n) is 15.6. The van der Waals surface area contributed by atoms with Crippen molar-refractivity contribution in [2.24, 2.45) is 4.99 Å². The van der Waals surface area contributed by atoms with Crippen LogP contribution in [0.15, 0.2) is 76.6 Å². The van der Waals surface area contributed by atoms with Gasteiger partial charge in [0, 0.05) is 23.2 Å². The molecule has 1 N–H and O–H groups in total. The number of pyridine rings is 2. The first-order valence-electron chi connectivity index (χ1n) is 8.96. The normalized spacial score (nSPS) is 11.4. The number of para-hydroxylation sites is 1. The van der Waals surface area contributed by atoms with Gasteiger partial charge in [0.05, 0.1) is 11.3 Å². The maximum absolute atomic E-state index is 13.0. The molecule has 0 atom stereocenters. The molecule has 0 aliphatic rings. The third-order valence-corrected chi connectivity index (χ3v) is 4.74. The topological polar surface area (TPSA) is 67.5 Å². The third kappa shape index (κ3) is 2.97. The molecule has 138 valence electrons. The highest BCUT2D eigenvalue weighted by Crippen LogP contribution is 2.27. The van der Waals surface area contributed by atoms with Crippen LogP contribution in [0.3, 0.4) is 0 Å².